The lowest BCUT2D eigenvalue weighted by Gasteiger charge is -2.24. The minimum absolute atomic E-state index is 0.0521. The molecule has 162 valence electrons. The summed E-state index contributed by atoms with van der Waals surface area (Å²) in [5, 5.41) is 24.0. The normalized spacial score (nSPS) is 14.3. The minimum Gasteiger partial charge on any atom is -0.508 e. The zero-order valence-electron chi connectivity index (χ0n) is 17.5. The minimum atomic E-state index is -1.18. The number of aromatic hydroxyl groups is 1. The Morgan fingerprint density at radius 2 is 1.41 bits per heavy atom. The SMILES string of the molecule is CC(C)C[C@H](N)C(=O)N[C@H](CC(C)C)C(=O)N[C@@H](Cc1ccc(O)cc1)C(=O)O. The van der Waals surface area contributed by atoms with E-state index in [1.165, 1.54) is 12.1 Å². The molecule has 0 bridgehead atoms. The Kier molecular flexibility index (Phi) is 9.61. The largest absolute Gasteiger partial charge is 0.508 e. The fraction of sp³-hybridized carbons (Fsp3) is 0.571. The van der Waals surface area contributed by atoms with Gasteiger partial charge in [-0.2, -0.15) is 0 Å². The van der Waals surface area contributed by atoms with Crippen LogP contribution < -0.4 is 16.4 Å². The number of carbonyl (C=O) groups excluding carboxylic acids is 2. The first kappa shape index (κ1) is 24.4. The van der Waals surface area contributed by atoms with Gasteiger partial charge in [-0.25, -0.2) is 4.79 Å². The summed E-state index contributed by atoms with van der Waals surface area (Å²) < 4.78 is 0. The first-order chi connectivity index (χ1) is 13.5. The smallest absolute Gasteiger partial charge is 0.326 e. The first-order valence-corrected chi connectivity index (χ1v) is 9.86. The Balaban J connectivity index is 2.85. The summed E-state index contributed by atoms with van der Waals surface area (Å²) in [6.45, 7) is 7.72. The number of carboxylic acid groups (broad SMARTS) is 1. The van der Waals surface area contributed by atoms with Crippen molar-refractivity contribution in [3.05, 3.63) is 29.8 Å². The molecule has 0 unspecified atom stereocenters. The molecule has 0 saturated carbocycles. The van der Waals surface area contributed by atoms with Crippen molar-refractivity contribution in [3.8, 4) is 5.75 Å². The van der Waals surface area contributed by atoms with Crippen molar-refractivity contribution in [1.29, 1.82) is 0 Å². The van der Waals surface area contributed by atoms with Crippen LogP contribution in [0.1, 0.15) is 46.1 Å². The average molecular weight is 408 g/mol. The number of phenols is 1. The van der Waals surface area contributed by atoms with E-state index in [1.54, 1.807) is 12.1 Å². The fourth-order valence-corrected chi connectivity index (χ4v) is 2.94. The molecular formula is C21H33N3O5. The van der Waals surface area contributed by atoms with Crippen LogP contribution in [-0.2, 0) is 20.8 Å². The molecule has 0 aliphatic heterocycles. The van der Waals surface area contributed by atoms with E-state index in [9.17, 15) is 24.6 Å². The number of benzene rings is 1. The molecule has 0 saturated heterocycles. The van der Waals surface area contributed by atoms with Crippen LogP contribution in [0.15, 0.2) is 24.3 Å². The predicted octanol–water partition coefficient (Wildman–Crippen LogP) is 1.41. The molecule has 0 spiro atoms. The molecule has 0 heterocycles. The van der Waals surface area contributed by atoms with E-state index in [2.05, 4.69) is 10.6 Å². The predicted molar refractivity (Wildman–Crippen MR) is 110 cm³/mol. The third-order valence-corrected chi connectivity index (χ3v) is 4.39. The lowest BCUT2D eigenvalue weighted by molar-refractivity contribution is -0.142. The molecule has 8 nitrogen and oxygen atoms in total. The van der Waals surface area contributed by atoms with Crippen LogP contribution in [-0.4, -0.2) is 46.1 Å². The van der Waals surface area contributed by atoms with Crippen molar-refractivity contribution in [1.82, 2.24) is 10.6 Å². The van der Waals surface area contributed by atoms with Crippen LogP contribution in [0.5, 0.6) is 5.75 Å². The molecule has 6 N–H and O–H groups in total. The molecule has 29 heavy (non-hydrogen) atoms. The maximum Gasteiger partial charge on any atom is 0.326 e. The zero-order chi connectivity index (χ0) is 22.1. The molecule has 3 atom stereocenters. The highest BCUT2D eigenvalue weighted by atomic mass is 16.4. The average Bonchev–Trinajstić information content (AvgIpc) is 2.61. The van der Waals surface area contributed by atoms with Crippen molar-refractivity contribution < 1.29 is 24.6 Å². The summed E-state index contributed by atoms with van der Waals surface area (Å²) >= 11 is 0. The molecule has 8 heteroatoms. The molecule has 0 aliphatic carbocycles. The molecular weight excluding hydrogens is 374 g/mol. The van der Waals surface area contributed by atoms with Crippen LogP contribution in [0, 0.1) is 11.8 Å². The highest BCUT2D eigenvalue weighted by Gasteiger charge is 2.28. The van der Waals surface area contributed by atoms with E-state index >= 15 is 0 Å². The number of nitrogens with two attached hydrogens (primary N) is 1. The summed E-state index contributed by atoms with van der Waals surface area (Å²) in [4.78, 5) is 36.7. The number of carbonyl (C=O) groups is 3. The van der Waals surface area contributed by atoms with E-state index in [0.29, 0.717) is 18.4 Å². The fourth-order valence-electron chi connectivity index (χ4n) is 2.94. The van der Waals surface area contributed by atoms with Gasteiger partial charge in [-0.15, -0.1) is 0 Å². The van der Waals surface area contributed by atoms with Gasteiger partial charge in [0.15, 0.2) is 0 Å². The van der Waals surface area contributed by atoms with Gasteiger partial charge in [-0.3, -0.25) is 9.59 Å². The van der Waals surface area contributed by atoms with Crippen molar-refractivity contribution >= 4 is 17.8 Å². The van der Waals surface area contributed by atoms with Gasteiger partial charge in [0.1, 0.15) is 17.8 Å². The van der Waals surface area contributed by atoms with Gasteiger partial charge >= 0.3 is 5.97 Å². The van der Waals surface area contributed by atoms with Gasteiger partial charge in [0.2, 0.25) is 11.8 Å². The lowest BCUT2D eigenvalue weighted by atomic mass is 9.99. The van der Waals surface area contributed by atoms with E-state index in [0.717, 1.165) is 0 Å². The Morgan fingerprint density at radius 1 is 0.897 bits per heavy atom. The number of aliphatic carboxylic acids is 1. The van der Waals surface area contributed by atoms with Gasteiger partial charge in [-0.1, -0.05) is 39.8 Å². The molecule has 1 rings (SSSR count). The quantitative estimate of drug-likeness (QED) is 0.375. The molecule has 1 aromatic rings. The van der Waals surface area contributed by atoms with Crippen LogP contribution >= 0.6 is 0 Å². The molecule has 0 aromatic heterocycles. The van der Waals surface area contributed by atoms with Crippen LogP contribution in [0.4, 0.5) is 0 Å². The third kappa shape index (κ3) is 8.95. The van der Waals surface area contributed by atoms with Crippen LogP contribution in [0.25, 0.3) is 0 Å². The highest BCUT2D eigenvalue weighted by molar-refractivity contribution is 5.91. The maximum atomic E-state index is 12.7. The second kappa shape index (κ2) is 11.4. The number of hydrogen-bond acceptors (Lipinski definition) is 5. The Bertz CT molecular complexity index is 688. The number of nitrogens with one attached hydrogen (secondary N) is 2. The first-order valence-electron chi connectivity index (χ1n) is 9.86. The highest BCUT2D eigenvalue weighted by Crippen LogP contribution is 2.12. The lowest BCUT2D eigenvalue weighted by Crippen LogP contribution is -2.55. The molecule has 0 fully saturated rings. The van der Waals surface area contributed by atoms with E-state index < -0.39 is 35.9 Å². The van der Waals surface area contributed by atoms with Crippen molar-refractivity contribution in [2.75, 3.05) is 0 Å². The Labute approximate surface area is 171 Å². The summed E-state index contributed by atoms with van der Waals surface area (Å²) in [6.07, 6.45) is 0.897. The van der Waals surface area contributed by atoms with Crippen LogP contribution in [0.3, 0.4) is 0 Å². The summed E-state index contributed by atoms with van der Waals surface area (Å²) in [5.41, 5.74) is 6.55. The van der Waals surface area contributed by atoms with E-state index in [-0.39, 0.29) is 24.0 Å². The number of phenolic OH excluding ortho intramolecular Hbond substituents is 1. The molecule has 0 radical (unpaired) electrons. The second-order valence-electron chi connectivity index (χ2n) is 8.20. The molecule has 1 aromatic carbocycles. The molecule has 0 aliphatic rings. The number of carboxylic acids is 1. The van der Waals surface area contributed by atoms with E-state index in [4.69, 9.17) is 5.73 Å². The summed E-state index contributed by atoms with van der Waals surface area (Å²) in [5.74, 6) is -1.76. The summed E-state index contributed by atoms with van der Waals surface area (Å²) in [6, 6.07) is 3.32. The van der Waals surface area contributed by atoms with Gasteiger partial charge in [0, 0.05) is 6.42 Å². The zero-order valence-corrected chi connectivity index (χ0v) is 17.5. The van der Waals surface area contributed by atoms with Crippen molar-refractivity contribution in [3.63, 3.8) is 0 Å². The summed E-state index contributed by atoms with van der Waals surface area (Å²) in [7, 11) is 0. The standard InChI is InChI=1S/C21H33N3O5/c1-12(2)9-16(22)19(26)23-17(10-13(3)4)20(27)24-18(21(28)29)11-14-5-7-15(25)8-6-14/h5-8,12-13,16-18,25H,9-11,22H2,1-4H3,(H,23,26)(H,24,27)(H,28,29)/t16-,17+,18-/m0/s1. The number of hydrogen-bond donors (Lipinski definition) is 5. The van der Waals surface area contributed by atoms with Gasteiger partial charge in [0.25, 0.3) is 0 Å². The van der Waals surface area contributed by atoms with Crippen molar-refractivity contribution in [2.45, 2.75) is 65.1 Å². The monoisotopic (exact) mass is 407 g/mol. The van der Waals surface area contributed by atoms with Gasteiger partial charge in [-0.05, 0) is 42.4 Å². The van der Waals surface area contributed by atoms with E-state index in [1.807, 2.05) is 27.7 Å². The van der Waals surface area contributed by atoms with Gasteiger partial charge < -0.3 is 26.6 Å². The second-order valence-corrected chi connectivity index (χ2v) is 8.20. The Morgan fingerprint density at radius 3 is 1.90 bits per heavy atom. The molecule has 2 amide bonds. The van der Waals surface area contributed by atoms with Gasteiger partial charge in [0.05, 0.1) is 6.04 Å². The topological polar surface area (TPSA) is 142 Å². The maximum absolute atomic E-state index is 12.7. The van der Waals surface area contributed by atoms with Crippen molar-refractivity contribution in [2.24, 2.45) is 17.6 Å². The number of rotatable bonds is 11. The van der Waals surface area contributed by atoms with Crippen LogP contribution in [0.2, 0.25) is 0 Å². The third-order valence-electron chi connectivity index (χ3n) is 4.39. The number of amides is 2. The Hall–Kier alpha value is -2.61.